The van der Waals surface area contributed by atoms with Gasteiger partial charge < -0.3 is 9.47 Å². The van der Waals surface area contributed by atoms with Gasteiger partial charge in [-0.3, -0.25) is 9.59 Å². The van der Waals surface area contributed by atoms with Crippen LogP contribution >= 0.6 is 0 Å². The van der Waals surface area contributed by atoms with Crippen molar-refractivity contribution in [3.05, 3.63) is 30.4 Å². The van der Waals surface area contributed by atoms with Crippen molar-refractivity contribution in [1.29, 1.82) is 0 Å². The van der Waals surface area contributed by atoms with Gasteiger partial charge in [0.1, 0.15) is 11.5 Å². The van der Waals surface area contributed by atoms with Crippen LogP contribution in [0.4, 0.5) is 5.69 Å². The Morgan fingerprint density at radius 1 is 0.957 bits per heavy atom. The van der Waals surface area contributed by atoms with E-state index in [1.54, 1.807) is 25.3 Å². The molecule has 4 atom stereocenters. The van der Waals surface area contributed by atoms with E-state index in [0.717, 1.165) is 12.8 Å². The highest BCUT2D eigenvalue weighted by molar-refractivity contribution is 6.23. The van der Waals surface area contributed by atoms with Crippen LogP contribution in [0, 0.1) is 23.7 Å². The second kappa shape index (κ2) is 5.11. The van der Waals surface area contributed by atoms with Crippen molar-refractivity contribution in [3.8, 4) is 11.5 Å². The average Bonchev–Trinajstić information content (AvgIpc) is 2.88. The Morgan fingerprint density at radius 3 is 2.04 bits per heavy atom. The number of fused-ring (bicyclic) bond motifs is 1. The molecule has 1 saturated carbocycles. The number of hydrogen-bond acceptors (Lipinski definition) is 4. The average molecular weight is 313 g/mol. The third kappa shape index (κ3) is 1.92. The number of benzene rings is 1. The Bertz CT molecular complexity index is 679. The summed E-state index contributed by atoms with van der Waals surface area (Å²) in [5.74, 6) is 0.815. The molecule has 1 saturated heterocycles. The summed E-state index contributed by atoms with van der Waals surface area (Å²) in [6, 6.07) is 5.18. The van der Waals surface area contributed by atoms with Gasteiger partial charge in [-0.25, -0.2) is 4.90 Å². The molecule has 0 spiro atoms. The number of ether oxygens (including phenoxy) is 2. The maximum absolute atomic E-state index is 13.0. The van der Waals surface area contributed by atoms with Crippen LogP contribution < -0.4 is 14.4 Å². The van der Waals surface area contributed by atoms with E-state index in [4.69, 9.17) is 9.47 Å². The van der Waals surface area contributed by atoms with E-state index in [-0.39, 0.29) is 35.5 Å². The van der Waals surface area contributed by atoms with Crippen LogP contribution in [-0.4, -0.2) is 26.0 Å². The molecule has 2 bridgehead atoms. The first kappa shape index (κ1) is 14.3. The fourth-order valence-corrected chi connectivity index (χ4v) is 4.28. The molecule has 5 nitrogen and oxygen atoms in total. The molecule has 2 amide bonds. The van der Waals surface area contributed by atoms with E-state index >= 15 is 0 Å². The summed E-state index contributed by atoms with van der Waals surface area (Å²) in [5, 5.41) is 0. The van der Waals surface area contributed by atoms with Crippen molar-refractivity contribution >= 4 is 17.5 Å². The van der Waals surface area contributed by atoms with Crippen LogP contribution in [0.25, 0.3) is 0 Å². The van der Waals surface area contributed by atoms with Crippen LogP contribution in [0.1, 0.15) is 12.8 Å². The van der Waals surface area contributed by atoms with Crippen LogP contribution in [0.3, 0.4) is 0 Å². The minimum atomic E-state index is -0.220. The molecular weight excluding hydrogens is 294 g/mol. The highest BCUT2D eigenvalue weighted by Crippen LogP contribution is 2.51. The molecule has 0 radical (unpaired) electrons. The van der Waals surface area contributed by atoms with Crippen molar-refractivity contribution in [3.63, 3.8) is 0 Å². The van der Waals surface area contributed by atoms with Crippen molar-refractivity contribution in [2.24, 2.45) is 23.7 Å². The molecular formula is C18H19NO4. The lowest BCUT2D eigenvalue weighted by Gasteiger charge is -2.38. The minimum absolute atomic E-state index is 0.106. The fourth-order valence-electron chi connectivity index (χ4n) is 4.28. The van der Waals surface area contributed by atoms with Gasteiger partial charge in [0, 0.05) is 6.07 Å². The standard InChI is InChI=1S/C18H19NO4/c1-22-12-7-8-14(23-2)13(9-12)19-17(20)15-10-3-4-11(6-5-10)16(15)18(19)21/h3-4,7-11,15-16H,5-6H2,1-2H3/t10-,11-,15-,16-/m1/s1. The number of amides is 2. The molecule has 120 valence electrons. The summed E-state index contributed by atoms with van der Waals surface area (Å²) in [7, 11) is 3.10. The molecule has 5 rings (SSSR count). The van der Waals surface area contributed by atoms with E-state index in [2.05, 4.69) is 12.2 Å². The minimum Gasteiger partial charge on any atom is -0.497 e. The second-order valence-corrected chi connectivity index (χ2v) is 6.39. The SMILES string of the molecule is COc1ccc(OC)c(N2C(=O)[C@H]3[C@H](C2=O)[C@@H]2C=C[C@@H]3CC2)c1. The van der Waals surface area contributed by atoms with Gasteiger partial charge in [-0.05, 0) is 36.8 Å². The third-order valence-corrected chi connectivity index (χ3v) is 5.39. The van der Waals surface area contributed by atoms with Gasteiger partial charge >= 0.3 is 0 Å². The molecule has 0 aromatic heterocycles. The van der Waals surface area contributed by atoms with Crippen molar-refractivity contribution in [1.82, 2.24) is 0 Å². The Kier molecular flexibility index (Phi) is 3.18. The first-order valence-electron chi connectivity index (χ1n) is 7.94. The van der Waals surface area contributed by atoms with Crippen molar-refractivity contribution in [2.45, 2.75) is 12.8 Å². The van der Waals surface area contributed by atoms with Gasteiger partial charge in [0.15, 0.2) is 0 Å². The summed E-state index contributed by atoms with van der Waals surface area (Å²) in [6.45, 7) is 0. The number of imide groups is 1. The van der Waals surface area contributed by atoms with Crippen molar-refractivity contribution in [2.75, 3.05) is 19.1 Å². The topological polar surface area (TPSA) is 55.8 Å². The molecule has 1 aromatic rings. The molecule has 23 heavy (non-hydrogen) atoms. The zero-order valence-corrected chi connectivity index (χ0v) is 13.2. The van der Waals surface area contributed by atoms with Crippen LogP contribution in [-0.2, 0) is 9.59 Å². The number of rotatable bonds is 3. The monoisotopic (exact) mass is 313 g/mol. The number of carbonyl (C=O) groups excluding carboxylic acids is 2. The number of nitrogens with zero attached hydrogens (tertiary/aromatic N) is 1. The maximum atomic E-state index is 13.0. The molecule has 1 aromatic carbocycles. The highest BCUT2D eigenvalue weighted by Gasteiger charge is 2.57. The van der Waals surface area contributed by atoms with Gasteiger partial charge in [-0.2, -0.15) is 0 Å². The zero-order chi connectivity index (χ0) is 16.1. The van der Waals surface area contributed by atoms with Gasteiger partial charge in [-0.15, -0.1) is 0 Å². The normalized spacial score (nSPS) is 31.5. The van der Waals surface area contributed by atoms with E-state index < -0.39 is 0 Å². The lowest BCUT2D eigenvalue weighted by Crippen LogP contribution is -2.38. The maximum Gasteiger partial charge on any atom is 0.238 e. The Labute approximate surface area is 134 Å². The van der Waals surface area contributed by atoms with Gasteiger partial charge in [0.05, 0.1) is 31.7 Å². The fraction of sp³-hybridized carbons (Fsp3) is 0.444. The number of anilines is 1. The zero-order valence-electron chi connectivity index (χ0n) is 13.2. The van der Waals surface area contributed by atoms with E-state index in [1.165, 1.54) is 12.0 Å². The smallest absolute Gasteiger partial charge is 0.238 e. The lowest BCUT2D eigenvalue weighted by atomic mass is 9.63. The van der Waals surface area contributed by atoms with Gasteiger partial charge in [-0.1, -0.05) is 12.2 Å². The quantitative estimate of drug-likeness (QED) is 0.635. The van der Waals surface area contributed by atoms with Gasteiger partial charge in [0.2, 0.25) is 11.8 Å². The second-order valence-electron chi connectivity index (χ2n) is 6.39. The first-order chi connectivity index (χ1) is 11.2. The summed E-state index contributed by atoms with van der Waals surface area (Å²) in [5.41, 5.74) is 0.482. The molecule has 0 N–H and O–H groups in total. The molecule has 0 unspecified atom stereocenters. The Balaban J connectivity index is 1.79. The highest BCUT2D eigenvalue weighted by atomic mass is 16.5. The predicted molar refractivity (Wildman–Crippen MR) is 84.4 cm³/mol. The molecule has 1 aliphatic heterocycles. The summed E-state index contributed by atoms with van der Waals surface area (Å²) in [6.07, 6.45) is 6.22. The summed E-state index contributed by atoms with van der Waals surface area (Å²) >= 11 is 0. The lowest BCUT2D eigenvalue weighted by molar-refractivity contribution is -0.124. The van der Waals surface area contributed by atoms with E-state index in [1.807, 2.05) is 0 Å². The summed E-state index contributed by atoms with van der Waals surface area (Å²) in [4.78, 5) is 27.3. The third-order valence-electron chi connectivity index (χ3n) is 5.39. The molecule has 4 aliphatic rings. The van der Waals surface area contributed by atoms with Crippen LogP contribution in [0.2, 0.25) is 0 Å². The molecule has 5 heteroatoms. The number of methoxy groups -OCH3 is 2. The predicted octanol–water partition coefficient (Wildman–Crippen LogP) is 2.41. The van der Waals surface area contributed by atoms with E-state index in [0.29, 0.717) is 17.2 Å². The van der Waals surface area contributed by atoms with Gasteiger partial charge in [0.25, 0.3) is 0 Å². The Morgan fingerprint density at radius 2 is 1.57 bits per heavy atom. The first-order valence-corrected chi connectivity index (χ1v) is 7.94. The van der Waals surface area contributed by atoms with E-state index in [9.17, 15) is 9.59 Å². The number of carbonyl (C=O) groups is 2. The van der Waals surface area contributed by atoms with Crippen molar-refractivity contribution < 1.29 is 19.1 Å². The summed E-state index contributed by atoms with van der Waals surface area (Å²) < 4.78 is 10.6. The number of hydrogen-bond donors (Lipinski definition) is 0. The molecule has 3 aliphatic carbocycles. The molecule has 2 fully saturated rings. The Hall–Kier alpha value is -2.30. The largest absolute Gasteiger partial charge is 0.497 e. The van der Waals surface area contributed by atoms with Crippen LogP contribution in [0.5, 0.6) is 11.5 Å². The molecule has 1 heterocycles. The number of allylic oxidation sites excluding steroid dienone is 2. The van der Waals surface area contributed by atoms with Crippen LogP contribution in [0.15, 0.2) is 30.4 Å².